The van der Waals surface area contributed by atoms with Gasteiger partial charge >= 0.3 is 5.97 Å². The number of nitrogens with zero attached hydrogens (tertiary/aromatic N) is 1. The number of esters is 1. The fraction of sp³-hybridized carbons (Fsp3) is 0.500. The molecular formula is C42H56N4O7. The van der Waals surface area contributed by atoms with Crippen molar-refractivity contribution in [3.8, 4) is 0 Å². The molecule has 0 unspecified atom stereocenters. The molecule has 2 aliphatic rings. The van der Waals surface area contributed by atoms with Crippen LogP contribution in [0.1, 0.15) is 113 Å². The van der Waals surface area contributed by atoms with Crippen LogP contribution in [0.2, 0.25) is 0 Å². The zero-order valence-electron chi connectivity index (χ0n) is 31.4. The molecular weight excluding hydrogens is 672 g/mol. The van der Waals surface area contributed by atoms with Gasteiger partial charge in [-0.05, 0) is 81.8 Å². The molecule has 2 fully saturated rings. The molecule has 53 heavy (non-hydrogen) atoms. The van der Waals surface area contributed by atoms with Crippen LogP contribution < -0.4 is 16.4 Å². The summed E-state index contributed by atoms with van der Waals surface area (Å²) >= 11 is 0. The highest BCUT2D eigenvalue weighted by Gasteiger charge is 2.39. The molecule has 0 radical (unpaired) electrons. The predicted octanol–water partition coefficient (Wildman–Crippen LogP) is 6.71. The fourth-order valence-electron chi connectivity index (χ4n) is 6.81. The summed E-state index contributed by atoms with van der Waals surface area (Å²) in [5, 5.41) is 15.4. The van der Waals surface area contributed by atoms with E-state index in [0.29, 0.717) is 43.7 Å². The van der Waals surface area contributed by atoms with Crippen molar-refractivity contribution in [3.63, 3.8) is 0 Å². The van der Waals surface area contributed by atoms with Gasteiger partial charge in [0.15, 0.2) is 6.29 Å². The molecule has 2 aliphatic heterocycles. The first-order valence-electron chi connectivity index (χ1n) is 18.9. The average molecular weight is 729 g/mol. The van der Waals surface area contributed by atoms with E-state index in [0.717, 1.165) is 67.3 Å². The standard InChI is InChI=1S/C42H56N4O7/c1-42(2,3)53-40(50)36-13-10-24-46(36)27-33-25-37(31-20-18-30(28-47)19-21-31)52-41(51-33)32-22-16-29(17-23-32)26-44-38(48)14-6-4-5-7-15-39(49)45-35-12-9-8-11-34(35)43/h8-9,11-12,16-23,33,36-37,41,47H,4-7,10,13-15,24-28,43H2,1-3H3,(H,44,48)(H,45,49)/t33-,36+,37+,41+/m1/s1. The van der Waals surface area contributed by atoms with Crippen LogP contribution in [-0.2, 0) is 41.7 Å². The number of unbranched alkanes of at least 4 members (excludes halogenated alkanes) is 3. The number of nitrogens with two attached hydrogens (primary N) is 1. The predicted molar refractivity (Wildman–Crippen MR) is 204 cm³/mol. The highest BCUT2D eigenvalue weighted by molar-refractivity contribution is 5.93. The minimum absolute atomic E-state index is 0.00480. The number of anilines is 2. The first-order valence-corrected chi connectivity index (χ1v) is 18.9. The number of nitrogens with one attached hydrogen (secondary N) is 2. The van der Waals surface area contributed by atoms with Crippen molar-refractivity contribution in [1.82, 2.24) is 10.2 Å². The fourth-order valence-corrected chi connectivity index (χ4v) is 6.81. The Morgan fingerprint density at radius 2 is 1.53 bits per heavy atom. The minimum Gasteiger partial charge on any atom is -0.459 e. The van der Waals surface area contributed by atoms with Crippen molar-refractivity contribution in [3.05, 3.63) is 95.1 Å². The number of para-hydroxylation sites is 2. The maximum Gasteiger partial charge on any atom is 0.323 e. The van der Waals surface area contributed by atoms with Crippen molar-refractivity contribution in [2.45, 2.75) is 122 Å². The summed E-state index contributed by atoms with van der Waals surface area (Å²) in [4.78, 5) is 40.0. The summed E-state index contributed by atoms with van der Waals surface area (Å²) in [6, 6.07) is 22.6. The Hall–Kier alpha value is -4.29. The van der Waals surface area contributed by atoms with E-state index >= 15 is 0 Å². The Kier molecular flexibility index (Phi) is 14.4. The molecule has 0 aliphatic carbocycles. The topological polar surface area (TPSA) is 152 Å². The first-order chi connectivity index (χ1) is 25.5. The van der Waals surface area contributed by atoms with Gasteiger partial charge in [0, 0.05) is 37.9 Å². The third-order valence-corrected chi connectivity index (χ3v) is 9.63. The third kappa shape index (κ3) is 12.4. The van der Waals surface area contributed by atoms with Gasteiger partial charge in [-0.25, -0.2) is 0 Å². The second-order valence-corrected chi connectivity index (χ2v) is 15.1. The van der Waals surface area contributed by atoms with E-state index in [-0.39, 0.29) is 42.6 Å². The number of aliphatic hydroxyl groups is 1. The van der Waals surface area contributed by atoms with Gasteiger partial charge in [0.1, 0.15) is 11.6 Å². The zero-order chi connectivity index (χ0) is 37.8. The lowest BCUT2D eigenvalue weighted by molar-refractivity contribution is -0.253. The van der Waals surface area contributed by atoms with Crippen LogP contribution in [0, 0.1) is 0 Å². The molecule has 3 aromatic carbocycles. The van der Waals surface area contributed by atoms with E-state index in [1.54, 1.807) is 12.1 Å². The van der Waals surface area contributed by atoms with Gasteiger partial charge in [0.05, 0.1) is 30.2 Å². The van der Waals surface area contributed by atoms with E-state index in [1.807, 2.05) is 81.4 Å². The summed E-state index contributed by atoms with van der Waals surface area (Å²) < 4.78 is 18.8. The number of amides is 2. The SMILES string of the molecule is CC(C)(C)OC(=O)[C@@H]1CCCN1C[C@H]1C[C@@H](c2ccc(CO)cc2)O[C@@H](c2ccc(CNC(=O)CCCCCCC(=O)Nc3ccccc3N)cc2)O1. The second-order valence-electron chi connectivity index (χ2n) is 15.1. The van der Waals surface area contributed by atoms with E-state index < -0.39 is 11.9 Å². The van der Waals surface area contributed by atoms with Gasteiger partial charge in [0.25, 0.3) is 0 Å². The van der Waals surface area contributed by atoms with Crippen molar-refractivity contribution in [2.75, 3.05) is 24.1 Å². The molecule has 0 saturated carbocycles. The molecule has 0 aromatic heterocycles. The molecule has 0 bridgehead atoms. The van der Waals surface area contributed by atoms with Crippen LogP contribution in [0.25, 0.3) is 0 Å². The molecule has 286 valence electrons. The Bertz CT molecular complexity index is 1640. The normalized spacial score (nSPS) is 20.5. The molecule has 2 amide bonds. The number of nitrogen functional groups attached to an aromatic ring is 1. The number of hydrogen-bond donors (Lipinski definition) is 4. The van der Waals surface area contributed by atoms with Crippen molar-refractivity contribution < 1.29 is 33.7 Å². The summed E-state index contributed by atoms with van der Waals surface area (Å²) in [7, 11) is 0. The number of carbonyl (C=O) groups excluding carboxylic acids is 3. The molecule has 2 heterocycles. The van der Waals surface area contributed by atoms with E-state index in [4.69, 9.17) is 19.9 Å². The van der Waals surface area contributed by atoms with Gasteiger partial charge in [-0.1, -0.05) is 73.5 Å². The zero-order valence-corrected chi connectivity index (χ0v) is 31.4. The molecule has 11 heteroatoms. The van der Waals surface area contributed by atoms with Crippen LogP contribution in [0.15, 0.2) is 72.8 Å². The number of likely N-dealkylation sites (tertiary alicyclic amines) is 1. The minimum atomic E-state index is -0.620. The summed E-state index contributed by atoms with van der Waals surface area (Å²) in [5.41, 5.74) is 10.2. The van der Waals surface area contributed by atoms with E-state index in [2.05, 4.69) is 15.5 Å². The highest BCUT2D eigenvalue weighted by atomic mass is 16.7. The van der Waals surface area contributed by atoms with Crippen molar-refractivity contribution in [2.24, 2.45) is 0 Å². The molecule has 3 aromatic rings. The Morgan fingerprint density at radius 1 is 0.868 bits per heavy atom. The smallest absolute Gasteiger partial charge is 0.323 e. The molecule has 5 rings (SSSR count). The first kappa shape index (κ1) is 39.9. The summed E-state index contributed by atoms with van der Waals surface area (Å²) in [6.07, 6.45) is 5.36. The van der Waals surface area contributed by atoms with Crippen LogP contribution in [0.5, 0.6) is 0 Å². The maximum absolute atomic E-state index is 13.0. The third-order valence-electron chi connectivity index (χ3n) is 9.63. The van der Waals surface area contributed by atoms with Gasteiger partial charge < -0.3 is 35.7 Å². The van der Waals surface area contributed by atoms with Crippen molar-refractivity contribution >= 4 is 29.2 Å². The van der Waals surface area contributed by atoms with Gasteiger partial charge in [-0.3, -0.25) is 19.3 Å². The van der Waals surface area contributed by atoms with Gasteiger partial charge in [-0.2, -0.15) is 0 Å². The lowest BCUT2D eigenvalue weighted by Crippen LogP contribution is -2.45. The van der Waals surface area contributed by atoms with Crippen LogP contribution in [0.3, 0.4) is 0 Å². The quantitative estimate of drug-likeness (QED) is 0.0717. The average Bonchev–Trinajstić information content (AvgIpc) is 3.61. The number of ether oxygens (including phenoxy) is 3. The van der Waals surface area contributed by atoms with Gasteiger partial charge in [0.2, 0.25) is 11.8 Å². The lowest BCUT2D eigenvalue weighted by Gasteiger charge is -2.38. The largest absolute Gasteiger partial charge is 0.459 e. The number of carbonyl (C=O) groups is 3. The monoisotopic (exact) mass is 728 g/mol. The molecule has 2 saturated heterocycles. The van der Waals surface area contributed by atoms with Crippen LogP contribution >= 0.6 is 0 Å². The number of aliphatic hydroxyl groups excluding tert-OH is 1. The number of benzene rings is 3. The molecule has 5 N–H and O–H groups in total. The van der Waals surface area contributed by atoms with Crippen molar-refractivity contribution in [1.29, 1.82) is 0 Å². The van der Waals surface area contributed by atoms with Crippen LogP contribution in [-0.4, -0.2) is 58.6 Å². The highest BCUT2D eigenvalue weighted by Crippen LogP contribution is 2.39. The number of hydrogen-bond acceptors (Lipinski definition) is 9. The van der Waals surface area contributed by atoms with E-state index in [9.17, 15) is 19.5 Å². The Morgan fingerprint density at radius 3 is 2.21 bits per heavy atom. The molecule has 4 atom stereocenters. The van der Waals surface area contributed by atoms with E-state index in [1.165, 1.54) is 0 Å². The van der Waals surface area contributed by atoms with Crippen LogP contribution in [0.4, 0.5) is 11.4 Å². The summed E-state index contributed by atoms with van der Waals surface area (Å²) in [5.74, 6) is -0.253. The summed E-state index contributed by atoms with van der Waals surface area (Å²) in [6.45, 7) is 7.44. The molecule has 11 nitrogen and oxygen atoms in total. The Labute approximate surface area is 313 Å². The van der Waals surface area contributed by atoms with Gasteiger partial charge in [-0.15, -0.1) is 0 Å². The maximum atomic E-state index is 13.0. The number of rotatable bonds is 16. The lowest BCUT2D eigenvalue weighted by atomic mass is 9.99. The second kappa shape index (κ2) is 19.2. The Balaban J connectivity index is 1.10. The molecule has 0 spiro atoms.